The second-order valence-corrected chi connectivity index (χ2v) is 9.03. The van der Waals surface area contributed by atoms with Gasteiger partial charge in [0, 0.05) is 17.3 Å². The van der Waals surface area contributed by atoms with Crippen molar-refractivity contribution >= 4 is 38.9 Å². The first-order valence-electron chi connectivity index (χ1n) is 9.72. The molecule has 0 heterocycles. The van der Waals surface area contributed by atoms with Crippen molar-refractivity contribution in [1.29, 1.82) is 0 Å². The number of amides is 1. The molecule has 0 aromatic heterocycles. The molecule has 0 aliphatic rings. The van der Waals surface area contributed by atoms with Crippen LogP contribution >= 0.6 is 11.6 Å². The molecule has 1 N–H and O–H groups in total. The van der Waals surface area contributed by atoms with Gasteiger partial charge in [-0.3, -0.25) is 9.10 Å². The highest BCUT2D eigenvalue weighted by Crippen LogP contribution is 2.24. The van der Waals surface area contributed by atoms with Gasteiger partial charge in [-0.1, -0.05) is 29.8 Å². The van der Waals surface area contributed by atoms with Crippen molar-refractivity contribution in [2.45, 2.75) is 24.8 Å². The third-order valence-electron chi connectivity index (χ3n) is 4.54. The molecule has 8 heteroatoms. The Morgan fingerprint density at radius 1 is 1.00 bits per heavy atom. The van der Waals surface area contributed by atoms with Crippen LogP contribution in [-0.2, 0) is 14.8 Å². The normalized spacial score (nSPS) is 12.1. The lowest BCUT2D eigenvalue weighted by atomic mass is 10.3. The van der Waals surface area contributed by atoms with E-state index in [0.717, 1.165) is 0 Å². The van der Waals surface area contributed by atoms with Crippen LogP contribution in [0, 0.1) is 0 Å². The van der Waals surface area contributed by atoms with Crippen LogP contribution in [0.25, 0.3) is 0 Å². The molecule has 0 saturated carbocycles. The van der Waals surface area contributed by atoms with Gasteiger partial charge in [0.05, 0.1) is 10.6 Å². The predicted octanol–water partition coefficient (Wildman–Crippen LogP) is 4.96. The third-order valence-corrected chi connectivity index (χ3v) is 6.71. The maximum Gasteiger partial charge on any atom is 0.265 e. The van der Waals surface area contributed by atoms with E-state index >= 15 is 0 Å². The predicted molar refractivity (Wildman–Crippen MR) is 123 cm³/mol. The maximum absolute atomic E-state index is 13.0. The minimum Gasteiger partial charge on any atom is -0.481 e. The van der Waals surface area contributed by atoms with E-state index in [1.807, 2.05) is 6.07 Å². The molecule has 6 nitrogen and oxygen atoms in total. The molecule has 1 unspecified atom stereocenters. The number of anilines is 2. The number of nitrogens with zero attached hydrogens (tertiary/aromatic N) is 1. The van der Waals surface area contributed by atoms with E-state index in [4.69, 9.17) is 16.3 Å². The molecular weight excluding hydrogens is 436 g/mol. The van der Waals surface area contributed by atoms with Crippen molar-refractivity contribution in [3.63, 3.8) is 0 Å². The fourth-order valence-electron chi connectivity index (χ4n) is 2.94. The largest absolute Gasteiger partial charge is 0.481 e. The monoisotopic (exact) mass is 458 g/mol. The number of halogens is 1. The van der Waals surface area contributed by atoms with Crippen molar-refractivity contribution in [3.05, 3.63) is 83.9 Å². The molecule has 3 aromatic carbocycles. The fraction of sp³-hybridized carbons (Fsp3) is 0.174. The molecule has 1 amide bonds. The van der Waals surface area contributed by atoms with Crippen LogP contribution in [0.1, 0.15) is 13.8 Å². The lowest BCUT2D eigenvalue weighted by molar-refractivity contribution is -0.122. The Hall–Kier alpha value is -3.03. The summed E-state index contributed by atoms with van der Waals surface area (Å²) in [5, 5.41) is 3.31. The zero-order chi connectivity index (χ0) is 22.4. The van der Waals surface area contributed by atoms with Gasteiger partial charge in [-0.05, 0) is 74.5 Å². The second kappa shape index (κ2) is 9.85. The Kier molecular flexibility index (Phi) is 7.20. The number of sulfonamides is 1. The highest BCUT2D eigenvalue weighted by molar-refractivity contribution is 7.92. The molecule has 0 aliphatic carbocycles. The molecule has 0 bridgehead atoms. The fourth-order valence-corrected chi connectivity index (χ4v) is 4.54. The van der Waals surface area contributed by atoms with Gasteiger partial charge in [0.25, 0.3) is 15.9 Å². The van der Waals surface area contributed by atoms with Crippen LogP contribution in [0.5, 0.6) is 5.75 Å². The summed E-state index contributed by atoms with van der Waals surface area (Å²) in [5.74, 6) is 0.166. The van der Waals surface area contributed by atoms with Crippen LogP contribution in [-0.4, -0.2) is 27.0 Å². The van der Waals surface area contributed by atoms with Crippen LogP contribution in [0.4, 0.5) is 11.4 Å². The number of hydrogen-bond acceptors (Lipinski definition) is 4. The molecular formula is C23H23ClN2O4S. The Balaban J connectivity index is 1.69. The number of carbonyl (C=O) groups is 1. The molecule has 0 radical (unpaired) electrons. The van der Waals surface area contributed by atoms with E-state index in [9.17, 15) is 13.2 Å². The Morgan fingerprint density at radius 2 is 1.61 bits per heavy atom. The molecule has 0 aliphatic heterocycles. The van der Waals surface area contributed by atoms with E-state index in [-0.39, 0.29) is 10.8 Å². The van der Waals surface area contributed by atoms with Gasteiger partial charge >= 0.3 is 0 Å². The average Bonchev–Trinajstić information content (AvgIpc) is 2.76. The zero-order valence-electron chi connectivity index (χ0n) is 17.2. The number of hydrogen-bond donors (Lipinski definition) is 1. The number of ether oxygens (including phenoxy) is 1. The zero-order valence-corrected chi connectivity index (χ0v) is 18.7. The molecule has 3 rings (SSSR count). The first-order chi connectivity index (χ1) is 14.8. The third kappa shape index (κ3) is 5.57. The van der Waals surface area contributed by atoms with Gasteiger partial charge in [0.1, 0.15) is 5.75 Å². The van der Waals surface area contributed by atoms with Crippen molar-refractivity contribution in [3.8, 4) is 5.75 Å². The van der Waals surface area contributed by atoms with E-state index in [1.54, 1.807) is 74.5 Å². The number of nitrogens with one attached hydrogen (secondary N) is 1. The SMILES string of the molecule is CCN(c1ccccc1)S(=O)(=O)c1ccc(NC(=O)C(C)Oc2ccc(Cl)cc2)cc1. The van der Waals surface area contributed by atoms with Crippen molar-refractivity contribution < 1.29 is 17.9 Å². The standard InChI is InChI=1S/C23H23ClN2O4S/c1-3-26(20-7-5-4-6-8-20)31(28,29)22-15-11-19(12-16-22)25-23(27)17(2)30-21-13-9-18(24)10-14-21/h4-17H,3H2,1-2H3,(H,25,27). The Bertz CT molecular complexity index is 1120. The second-order valence-electron chi connectivity index (χ2n) is 6.73. The Labute approximate surface area is 187 Å². The molecule has 31 heavy (non-hydrogen) atoms. The minimum atomic E-state index is -3.72. The number of para-hydroxylation sites is 1. The summed E-state index contributed by atoms with van der Waals surface area (Å²) in [4.78, 5) is 12.6. The number of carbonyl (C=O) groups excluding carboxylic acids is 1. The summed E-state index contributed by atoms with van der Waals surface area (Å²) in [6.45, 7) is 3.70. The van der Waals surface area contributed by atoms with Gasteiger partial charge in [-0.15, -0.1) is 0 Å². The van der Waals surface area contributed by atoms with Crippen molar-refractivity contribution in [1.82, 2.24) is 0 Å². The van der Waals surface area contributed by atoms with Gasteiger partial charge in [0.2, 0.25) is 0 Å². The molecule has 3 aromatic rings. The van der Waals surface area contributed by atoms with Gasteiger partial charge < -0.3 is 10.1 Å². The average molecular weight is 459 g/mol. The summed E-state index contributed by atoms with van der Waals surface area (Å²) in [5.41, 5.74) is 1.06. The summed E-state index contributed by atoms with van der Waals surface area (Å²) in [6.07, 6.45) is -0.752. The molecule has 0 saturated heterocycles. The quantitative estimate of drug-likeness (QED) is 0.517. The smallest absolute Gasteiger partial charge is 0.265 e. The molecule has 1 atom stereocenters. The van der Waals surface area contributed by atoms with Crippen molar-refractivity contribution in [2.75, 3.05) is 16.2 Å². The van der Waals surface area contributed by atoms with Gasteiger partial charge in [0.15, 0.2) is 6.10 Å². The van der Waals surface area contributed by atoms with Crippen LogP contribution in [0.15, 0.2) is 83.8 Å². The van der Waals surface area contributed by atoms with Crippen LogP contribution < -0.4 is 14.4 Å². The first-order valence-corrected chi connectivity index (χ1v) is 11.5. The number of rotatable bonds is 8. The molecule has 162 valence electrons. The number of benzene rings is 3. The van der Waals surface area contributed by atoms with E-state index in [0.29, 0.717) is 28.7 Å². The van der Waals surface area contributed by atoms with Crippen molar-refractivity contribution in [2.24, 2.45) is 0 Å². The summed E-state index contributed by atoms with van der Waals surface area (Å²) in [6, 6.07) is 21.7. The summed E-state index contributed by atoms with van der Waals surface area (Å²) < 4.78 is 33.0. The first kappa shape index (κ1) is 22.7. The van der Waals surface area contributed by atoms with Crippen LogP contribution in [0.2, 0.25) is 5.02 Å². The highest BCUT2D eigenvalue weighted by atomic mass is 35.5. The molecule has 0 fully saturated rings. The summed E-state index contributed by atoms with van der Waals surface area (Å²) >= 11 is 5.85. The highest BCUT2D eigenvalue weighted by Gasteiger charge is 2.23. The molecule has 0 spiro atoms. The lowest BCUT2D eigenvalue weighted by Crippen LogP contribution is -2.31. The summed E-state index contributed by atoms with van der Waals surface area (Å²) in [7, 11) is -3.72. The Morgan fingerprint density at radius 3 is 2.19 bits per heavy atom. The van der Waals surface area contributed by atoms with Gasteiger partial charge in [-0.2, -0.15) is 0 Å². The van der Waals surface area contributed by atoms with Crippen LogP contribution in [0.3, 0.4) is 0 Å². The lowest BCUT2D eigenvalue weighted by Gasteiger charge is -2.23. The van der Waals surface area contributed by atoms with E-state index in [2.05, 4.69) is 5.32 Å². The topological polar surface area (TPSA) is 75.7 Å². The van der Waals surface area contributed by atoms with E-state index in [1.165, 1.54) is 16.4 Å². The van der Waals surface area contributed by atoms with Gasteiger partial charge in [-0.25, -0.2) is 8.42 Å². The van der Waals surface area contributed by atoms with E-state index < -0.39 is 16.1 Å². The minimum absolute atomic E-state index is 0.140. The maximum atomic E-state index is 13.0.